The molecule has 0 aliphatic carbocycles. The summed E-state index contributed by atoms with van der Waals surface area (Å²) in [6, 6.07) is 7.26. The molecule has 2 heteroatoms. The van der Waals surface area contributed by atoms with Crippen LogP contribution in [0.1, 0.15) is 13.3 Å². The molecule has 0 aliphatic heterocycles. The largest absolute Gasteiger partial charge is 0.385 e. The van der Waals surface area contributed by atoms with Gasteiger partial charge in [-0.3, -0.25) is 0 Å². The van der Waals surface area contributed by atoms with Gasteiger partial charge in [0.15, 0.2) is 0 Å². The van der Waals surface area contributed by atoms with Gasteiger partial charge in [0, 0.05) is 18.3 Å². The normalized spacial score (nSPS) is 9.64. The predicted octanol–water partition coefficient (Wildman–Crippen LogP) is 2.45. The third kappa shape index (κ3) is 2.58. The highest BCUT2D eigenvalue weighted by Crippen LogP contribution is 2.07. The average molecular weight is 152 g/mol. The van der Waals surface area contributed by atoms with Crippen molar-refractivity contribution in [1.82, 2.24) is 0 Å². The Bertz CT molecular complexity index is 223. The molecule has 1 N–H and O–H groups in total. The fraction of sp³-hybridized carbons (Fsp3) is 0.333. The molecule has 0 saturated heterocycles. The van der Waals surface area contributed by atoms with Crippen LogP contribution in [0.4, 0.5) is 10.1 Å². The second-order valence-corrected chi connectivity index (χ2v) is 2.35. The Morgan fingerprint density at radius 1 is 1.64 bits per heavy atom. The lowest BCUT2D eigenvalue weighted by Gasteiger charge is -2.02. The van der Waals surface area contributed by atoms with Crippen molar-refractivity contribution in [3.05, 3.63) is 30.1 Å². The Morgan fingerprint density at radius 3 is 3.09 bits per heavy atom. The van der Waals surface area contributed by atoms with Crippen LogP contribution >= 0.6 is 0 Å². The predicted molar refractivity (Wildman–Crippen MR) is 44.0 cm³/mol. The van der Waals surface area contributed by atoms with E-state index in [2.05, 4.69) is 18.3 Å². The van der Waals surface area contributed by atoms with Gasteiger partial charge in [0.25, 0.3) is 0 Å². The molecule has 0 unspecified atom stereocenters. The maximum atomic E-state index is 12.5. The van der Waals surface area contributed by atoms with E-state index in [9.17, 15) is 4.39 Å². The molecule has 0 aromatic heterocycles. The Morgan fingerprint density at radius 2 is 2.45 bits per heavy atom. The zero-order valence-electron chi connectivity index (χ0n) is 6.52. The van der Waals surface area contributed by atoms with E-state index in [1.165, 1.54) is 6.07 Å². The summed E-state index contributed by atoms with van der Waals surface area (Å²) in [6.45, 7) is 2.95. The second-order valence-electron chi connectivity index (χ2n) is 2.35. The van der Waals surface area contributed by atoms with Crippen molar-refractivity contribution in [3.63, 3.8) is 0 Å². The van der Waals surface area contributed by atoms with E-state index in [4.69, 9.17) is 0 Å². The van der Waals surface area contributed by atoms with Gasteiger partial charge < -0.3 is 5.32 Å². The molecule has 0 spiro atoms. The Kier molecular flexibility index (Phi) is 2.90. The molecular formula is C9H11FN. The van der Waals surface area contributed by atoms with E-state index in [0.717, 1.165) is 18.7 Å². The summed E-state index contributed by atoms with van der Waals surface area (Å²) in [7, 11) is 0. The quantitative estimate of drug-likeness (QED) is 0.701. The maximum Gasteiger partial charge on any atom is 0.133 e. The third-order valence-electron chi connectivity index (χ3n) is 1.35. The zero-order chi connectivity index (χ0) is 8.10. The Balaban J connectivity index is 2.56. The highest BCUT2D eigenvalue weighted by Gasteiger charge is 1.91. The van der Waals surface area contributed by atoms with Crippen molar-refractivity contribution < 1.29 is 4.39 Å². The topological polar surface area (TPSA) is 12.0 Å². The highest BCUT2D eigenvalue weighted by atomic mass is 19.1. The van der Waals surface area contributed by atoms with Crippen LogP contribution in [-0.4, -0.2) is 6.54 Å². The van der Waals surface area contributed by atoms with Gasteiger partial charge in [0.05, 0.1) is 0 Å². The number of hydrogen-bond donors (Lipinski definition) is 1. The van der Waals surface area contributed by atoms with Crippen LogP contribution in [0.15, 0.2) is 18.2 Å². The molecule has 1 aromatic rings. The van der Waals surface area contributed by atoms with E-state index in [-0.39, 0.29) is 5.82 Å². The molecule has 0 fully saturated rings. The Labute approximate surface area is 66.2 Å². The van der Waals surface area contributed by atoms with E-state index < -0.39 is 0 Å². The van der Waals surface area contributed by atoms with Crippen LogP contribution in [0.3, 0.4) is 0 Å². The zero-order valence-corrected chi connectivity index (χ0v) is 6.52. The van der Waals surface area contributed by atoms with Crippen LogP contribution in [0.2, 0.25) is 0 Å². The molecule has 1 rings (SSSR count). The minimum Gasteiger partial charge on any atom is -0.385 e. The lowest BCUT2D eigenvalue weighted by Crippen LogP contribution is -1.99. The number of halogens is 1. The van der Waals surface area contributed by atoms with Crippen LogP contribution < -0.4 is 5.32 Å². The van der Waals surface area contributed by atoms with E-state index in [0.29, 0.717) is 0 Å². The van der Waals surface area contributed by atoms with Crippen molar-refractivity contribution in [2.75, 3.05) is 11.9 Å². The highest BCUT2D eigenvalue weighted by molar-refractivity contribution is 5.42. The van der Waals surface area contributed by atoms with Crippen molar-refractivity contribution >= 4 is 5.69 Å². The molecule has 1 radical (unpaired) electrons. The van der Waals surface area contributed by atoms with Gasteiger partial charge in [0.2, 0.25) is 0 Å². The minimum atomic E-state index is -0.314. The number of anilines is 1. The van der Waals surface area contributed by atoms with E-state index >= 15 is 0 Å². The molecule has 0 atom stereocenters. The van der Waals surface area contributed by atoms with Gasteiger partial charge in [-0.25, -0.2) is 4.39 Å². The fourth-order valence-corrected chi connectivity index (χ4v) is 0.817. The van der Waals surface area contributed by atoms with Crippen LogP contribution in [0.5, 0.6) is 0 Å². The molecule has 0 saturated carbocycles. The summed E-state index contributed by atoms with van der Waals surface area (Å²) in [5, 5.41) is 3.08. The van der Waals surface area contributed by atoms with Gasteiger partial charge in [-0.05, 0) is 24.6 Å². The molecule has 0 aliphatic rings. The standard InChI is InChI=1S/C9H11FN/c1-2-6-11-9-5-3-4-8(10)7-9/h3,5,7,11H,2,6H2,1H3. The maximum absolute atomic E-state index is 12.5. The molecule has 0 amide bonds. The first-order valence-electron chi connectivity index (χ1n) is 3.74. The summed E-state index contributed by atoms with van der Waals surface area (Å²) in [5.74, 6) is -0.314. The third-order valence-corrected chi connectivity index (χ3v) is 1.35. The summed E-state index contributed by atoms with van der Waals surface area (Å²) >= 11 is 0. The lowest BCUT2D eigenvalue weighted by atomic mass is 10.3. The molecule has 1 aromatic carbocycles. The van der Waals surface area contributed by atoms with Gasteiger partial charge in [0.1, 0.15) is 5.82 Å². The second kappa shape index (κ2) is 3.96. The molecular weight excluding hydrogens is 141 g/mol. The average Bonchev–Trinajstić information content (AvgIpc) is 2.01. The summed E-state index contributed by atoms with van der Waals surface area (Å²) in [4.78, 5) is 0. The first-order valence-corrected chi connectivity index (χ1v) is 3.74. The van der Waals surface area contributed by atoms with Gasteiger partial charge in [-0.1, -0.05) is 6.92 Å². The number of nitrogens with one attached hydrogen (secondary N) is 1. The Hall–Kier alpha value is -1.05. The lowest BCUT2D eigenvalue weighted by molar-refractivity contribution is 0.626. The van der Waals surface area contributed by atoms with E-state index in [1.807, 2.05) is 0 Å². The molecule has 59 valence electrons. The van der Waals surface area contributed by atoms with Crippen LogP contribution in [0.25, 0.3) is 0 Å². The summed E-state index contributed by atoms with van der Waals surface area (Å²) < 4.78 is 12.5. The molecule has 11 heavy (non-hydrogen) atoms. The minimum absolute atomic E-state index is 0.314. The van der Waals surface area contributed by atoms with E-state index in [1.54, 1.807) is 12.1 Å². The van der Waals surface area contributed by atoms with Crippen LogP contribution in [0, 0.1) is 11.9 Å². The van der Waals surface area contributed by atoms with Crippen molar-refractivity contribution in [2.45, 2.75) is 13.3 Å². The fourth-order valence-electron chi connectivity index (χ4n) is 0.817. The van der Waals surface area contributed by atoms with Crippen molar-refractivity contribution in [3.8, 4) is 0 Å². The summed E-state index contributed by atoms with van der Waals surface area (Å²) in [5.41, 5.74) is 0.822. The number of hydrogen-bond acceptors (Lipinski definition) is 1. The van der Waals surface area contributed by atoms with Gasteiger partial charge in [-0.2, -0.15) is 0 Å². The summed E-state index contributed by atoms with van der Waals surface area (Å²) in [6.07, 6.45) is 1.04. The number of benzene rings is 1. The first kappa shape index (κ1) is 8.05. The SMILES string of the molecule is CCCNc1cc[c]c(F)c1. The number of rotatable bonds is 3. The van der Waals surface area contributed by atoms with Crippen LogP contribution in [-0.2, 0) is 0 Å². The smallest absolute Gasteiger partial charge is 0.133 e. The first-order chi connectivity index (χ1) is 5.33. The van der Waals surface area contributed by atoms with Crippen molar-refractivity contribution in [2.24, 2.45) is 0 Å². The van der Waals surface area contributed by atoms with Crippen molar-refractivity contribution in [1.29, 1.82) is 0 Å². The molecule has 0 bridgehead atoms. The molecule has 0 heterocycles. The van der Waals surface area contributed by atoms with Gasteiger partial charge in [-0.15, -0.1) is 0 Å². The van der Waals surface area contributed by atoms with Gasteiger partial charge >= 0.3 is 0 Å². The monoisotopic (exact) mass is 152 g/mol. The molecule has 1 nitrogen and oxygen atoms in total.